The summed E-state index contributed by atoms with van der Waals surface area (Å²) in [7, 11) is 0. The molecule has 0 aliphatic carbocycles. The van der Waals surface area contributed by atoms with Crippen molar-refractivity contribution in [1.82, 2.24) is 20.7 Å². The van der Waals surface area contributed by atoms with E-state index in [0.29, 0.717) is 0 Å². The van der Waals surface area contributed by atoms with Crippen LogP contribution in [-0.4, -0.2) is 32.3 Å². The van der Waals surface area contributed by atoms with Crippen LogP contribution in [0.3, 0.4) is 0 Å². The zero-order chi connectivity index (χ0) is 13.1. The summed E-state index contributed by atoms with van der Waals surface area (Å²) in [6.45, 7) is 1.76. The van der Waals surface area contributed by atoms with Gasteiger partial charge in [-0.3, -0.25) is 9.89 Å². The number of carboxylic acids is 1. The van der Waals surface area contributed by atoms with Crippen molar-refractivity contribution in [3.8, 4) is 0 Å². The van der Waals surface area contributed by atoms with Crippen molar-refractivity contribution in [2.24, 2.45) is 0 Å². The molecule has 3 N–H and O–H groups in total. The highest BCUT2D eigenvalue weighted by atomic mass is 16.5. The maximum atomic E-state index is 11.7. The Bertz CT molecular complexity index is 560. The molecule has 94 valence electrons. The van der Waals surface area contributed by atoms with E-state index in [4.69, 9.17) is 5.11 Å². The average Bonchev–Trinajstić information content (AvgIpc) is 3.00. The Balaban J connectivity index is 2.05. The molecule has 2 aromatic rings. The SMILES string of the molecule is CC(NC(=O)c1cc(C(=O)O)on1)c1cn[nH]c1. The standard InChI is InChI=1S/C10H10N4O4/c1-5(6-3-11-12-4-6)13-9(15)7-2-8(10(16)17)18-14-7/h2-5H,1H3,(H,11,12)(H,13,15)(H,16,17). The Morgan fingerprint density at radius 2 is 2.33 bits per heavy atom. The van der Waals surface area contributed by atoms with Crippen molar-refractivity contribution in [3.63, 3.8) is 0 Å². The van der Waals surface area contributed by atoms with Gasteiger partial charge in [0.15, 0.2) is 5.69 Å². The quantitative estimate of drug-likeness (QED) is 0.730. The number of rotatable bonds is 4. The lowest BCUT2D eigenvalue weighted by Crippen LogP contribution is -2.26. The van der Waals surface area contributed by atoms with Crippen LogP contribution in [0.5, 0.6) is 0 Å². The smallest absolute Gasteiger partial charge is 0.374 e. The van der Waals surface area contributed by atoms with Crippen molar-refractivity contribution >= 4 is 11.9 Å². The highest BCUT2D eigenvalue weighted by Crippen LogP contribution is 2.11. The molecule has 0 bridgehead atoms. The lowest BCUT2D eigenvalue weighted by atomic mass is 10.2. The molecule has 1 amide bonds. The van der Waals surface area contributed by atoms with Gasteiger partial charge < -0.3 is 14.9 Å². The number of hydrogen-bond acceptors (Lipinski definition) is 5. The molecule has 0 aliphatic rings. The Hall–Kier alpha value is -2.64. The molecule has 0 spiro atoms. The van der Waals surface area contributed by atoms with E-state index in [1.807, 2.05) is 0 Å². The molecular weight excluding hydrogens is 240 g/mol. The fraction of sp³-hybridized carbons (Fsp3) is 0.200. The number of hydrogen-bond donors (Lipinski definition) is 3. The molecule has 18 heavy (non-hydrogen) atoms. The summed E-state index contributed by atoms with van der Waals surface area (Å²) in [5.41, 5.74) is 0.716. The first-order chi connectivity index (χ1) is 8.58. The molecule has 0 aliphatic heterocycles. The van der Waals surface area contributed by atoms with Gasteiger partial charge in [0.25, 0.3) is 5.91 Å². The van der Waals surface area contributed by atoms with Crippen molar-refractivity contribution in [1.29, 1.82) is 0 Å². The van der Waals surface area contributed by atoms with Gasteiger partial charge in [-0.2, -0.15) is 5.10 Å². The fourth-order valence-corrected chi connectivity index (χ4v) is 1.33. The van der Waals surface area contributed by atoms with Crippen LogP contribution >= 0.6 is 0 Å². The van der Waals surface area contributed by atoms with Crippen LogP contribution in [0, 0.1) is 0 Å². The minimum atomic E-state index is -1.27. The summed E-state index contributed by atoms with van der Waals surface area (Å²) < 4.78 is 4.49. The number of amides is 1. The van der Waals surface area contributed by atoms with Gasteiger partial charge in [-0.1, -0.05) is 5.16 Å². The van der Waals surface area contributed by atoms with Crippen molar-refractivity contribution in [2.45, 2.75) is 13.0 Å². The molecular formula is C10H10N4O4. The molecule has 0 radical (unpaired) electrons. The largest absolute Gasteiger partial charge is 0.475 e. The average molecular weight is 250 g/mol. The number of carbonyl (C=O) groups is 2. The number of carboxylic acid groups (broad SMARTS) is 1. The Morgan fingerprint density at radius 1 is 1.56 bits per heavy atom. The molecule has 0 fully saturated rings. The molecule has 0 saturated heterocycles. The van der Waals surface area contributed by atoms with Crippen molar-refractivity contribution < 1.29 is 19.2 Å². The molecule has 0 saturated carbocycles. The van der Waals surface area contributed by atoms with Crippen LogP contribution in [0.15, 0.2) is 23.0 Å². The zero-order valence-corrected chi connectivity index (χ0v) is 9.38. The van der Waals surface area contributed by atoms with Gasteiger partial charge in [-0.25, -0.2) is 4.79 Å². The summed E-state index contributed by atoms with van der Waals surface area (Å²) in [5.74, 6) is -2.17. The van der Waals surface area contributed by atoms with Crippen LogP contribution in [0.2, 0.25) is 0 Å². The van der Waals surface area contributed by atoms with Gasteiger partial charge >= 0.3 is 5.97 Å². The van der Waals surface area contributed by atoms with E-state index in [0.717, 1.165) is 11.6 Å². The van der Waals surface area contributed by atoms with Crippen LogP contribution in [0.25, 0.3) is 0 Å². The summed E-state index contributed by atoms with van der Waals surface area (Å²) in [6, 6.07) is 0.793. The molecule has 0 aromatic carbocycles. The van der Waals surface area contributed by atoms with Crippen molar-refractivity contribution in [2.75, 3.05) is 0 Å². The third-order valence-corrected chi connectivity index (χ3v) is 2.32. The lowest BCUT2D eigenvalue weighted by molar-refractivity contribution is 0.0651. The number of nitrogens with zero attached hydrogens (tertiary/aromatic N) is 2. The maximum Gasteiger partial charge on any atom is 0.374 e. The number of nitrogens with one attached hydrogen (secondary N) is 2. The Labute approximate surface area is 101 Å². The molecule has 1 atom stereocenters. The lowest BCUT2D eigenvalue weighted by Gasteiger charge is -2.09. The van der Waals surface area contributed by atoms with Gasteiger partial charge in [0.2, 0.25) is 5.76 Å². The molecule has 2 heterocycles. The minimum absolute atomic E-state index is 0.0808. The summed E-state index contributed by atoms with van der Waals surface area (Å²) >= 11 is 0. The van der Waals surface area contributed by atoms with E-state index < -0.39 is 11.9 Å². The van der Waals surface area contributed by atoms with E-state index in [9.17, 15) is 9.59 Å². The van der Waals surface area contributed by atoms with Gasteiger partial charge in [-0.05, 0) is 6.92 Å². The van der Waals surface area contributed by atoms with Crippen molar-refractivity contribution in [3.05, 3.63) is 35.5 Å². The normalized spacial score (nSPS) is 12.1. The summed E-state index contributed by atoms with van der Waals surface area (Å²) in [4.78, 5) is 22.3. The maximum absolute atomic E-state index is 11.7. The minimum Gasteiger partial charge on any atom is -0.475 e. The predicted octanol–water partition coefficient (Wildman–Crippen LogP) is 0.587. The third-order valence-electron chi connectivity index (χ3n) is 2.32. The number of aromatic carboxylic acids is 1. The second-order valence-corrected chi connectivity index (χ2v) is 3.61. The van der Waals surface area contributed by atoms with Crippen LogP contribution in [0.4, 0.5) is 0 Å². The topological polar surface area (TPSA) is 121 Å². The van der Waals surface area contributed by atoms with Gasteiger partial charge in [0, 0.05) is 17.8 Å². The molecule has 8 nitrogen and oxygen atoms in total. The van der Waals surface area contributed by atoms with E-state index in [2.05, 4.69) is 25.2 Å². The third kappa shape index (κ3) is 2.37. The number of carbonyl (C=O) groups excluding carboxylic acids is 1. The highest BCUT2D eigenvalue weighted by Gasteiger charge is 2.18. The Morgan fingerprint density at radius 3 is 2.89 bits per heavy atom. The van der Waals surface area contributed by atoms with Crippen LogP contribution in [0.1, 0.15) is 39.6 Å². The number of H-pyrrole nitrogens is 1. The first-order valence-corrected chi connectivity index (χ1v) is 5.07. The molecule has 2 rings (SSSR count). The second-order valence-electron chi connectivity index (χ2n) is 3.61. The van der Waals surface area contributed by atoms with Gasteiger partial charge in [0.1, 0.15) is 0 Å². The summed E-state index contributed by atoms with van der Waals surface area (Å²) in [5, 5.41) is 21.0. The van der Waals surface area contributed by atoms with E-state index >= 15 is 0 Å². The number of aromatic amines is 1. The van der Waals surface area contributed by atoms with E-state index in [-0.39, 0.29) is 17.5 Å². The second kappa shape index (κ2) is 4.70. The van der Waals surface area contributed by atoms with Gasteiger partial charge in [0.05, 0.1) is 12.2 Å². The number of aromatic nitrogens is 3. The highest BCUT2D eigenvalue weighted by molar-refractivity contribution is 5.94. The van der Waals surface area contributed by atoms with E-state index in [1.54, 1.807) is 19.3 Å². The predicted molar refractivity (Wildman–Crippen MR) is 57.9 cm³/mol. The molecule has 1 unspecified atom stereocenters. The van der Waals surface area contributed by atoms with Crippen LogP contribution in [-0.2, 0) is 0 Å². The first kappa shape index (κ1) is 11.8. The zero-order valence-electron chi connectivity index (χ0n) is 9.38. The molecule has 8 heteroatoms. The van der Waals surface area contributed by atoms with Gasteiger partial charge in [-0.15, -0.1) is 0 Å². The molecule has 2 aromatic heterocycles. The monoisotopic (exact) mass is 250 g/mol. The summed E-state index contributed by atoms with van der Waals surface area (Å²) in [6.07, 6.45) is 3.23. The first-order valence-electron chi connectivity index (χ1n) is 5.07. The van der Waals surface area contributed by atoms with E-state index in [1.165, 1.54) is 0 Å². The Kier molecular flexibility index (Phi) is 3.09. The van der Waals surface area contributed by atoms with Crippen LogP contribution < -0.4 is 5.32 Å². The fourth-order valence-electron chi connectivity index (χ4n) is 1.33.